The number of hydrogen-bond acceptors (Lipinski definition) is 2. The number of rotatable bonds is 3. The van der Waals surface area contributed by atoms with Gasteiger partial charge in [0.1, 0.15) is 0 Å². The molecule has 1 unspecified atom stereocenters. The maximum absolute atomic E-state index is 8.62. The van der Waals surface area contributed by atoms with Gasteiger partial charge in [-0.1, -0.05) is 30.3 Å². The van der Waals surface area contributed by atoms with Crippen molar-refractivity contribution in [3.8, 4) is 6.07 Å². The Morgan fingerprint density at radius 1 is 1.23 bits per heavy atom. The molecular weight excluding hydrogens is 160 g/mol. The number of nitrogens with one attached hydrogen (secondary N) is 1. The average Bonchev–Trinajstić information content (AvgIpc) is 2.19. The zero-order chi connectivity index (χ0) is 9.68. The van der Waals surface area contributed by atoms with Crippen molar-refractivity contribution >= 4 is 0 Å². The van der Waals surface area contributed by atoms with Gasteiger partial charge in [0, 0.05) is 6.04 Å². The SMILES string of the molecule is CC(C#N)N[C@H](C)c1ccccc1. The van der Waals surface area contributed by atoms with E-state index in [2.05, 4.69) is 30.4 Å². The summed E-state index contributed by atoms with van der Waals surface area (Å²) in [5.74, 6) is 0. The van der Waals surface area contributed by atoms with E-state index >= 15 is 0 Å². The normalized spacial score (nSPS) is 14.5. The third-order valence-electron chi connectivity index (χ3n) is 1.99. The van der Waals surface area contributed by atoms with E-state index in [1.807, 2.05) is 25.1 Å². The predicted octanol–water partition coefficient (Wildman–Crippen LogP) is 2.25. The Morgan fingerprint density at radius 2 is 1.85 bits per heavy atom. The fourth-order valence-corrected chi connectivity index (χ4v) is 1.25. The van der Waals surface area contributed by atoms with Crippen molar-refractivity contribution in [3.05, 3.63) is 35.9 Å². The second kappa shape index (κ2) is 4.64. The molecule has 0 saturated carbocycles. The van der Waals surface area contributed by atoms with Gasteiger partial charge in [0.05, 0.1) is 12.1 Å². The minimum absolute atomic E-state index is 0.102. The van der Waals surface area contributed by atoms with E-state index in [1.165, 1.54) is 5.56 Å². The highest BCUT2D eigenvalue weighted by Crippen LogP contribution is 2.11. The molecule has 0 saturated heterocycles. The van der Waals surface area contributed by atoms with E-state index in [0.717, 1.165) is 0 Å². The van der Waals surface area contributed by atoms with Crippen molar-refractivity contribution in [2.75, 3.05) is 0 Å². The molecule has 0 fully saturated rings. The first kappa shape index (κ1) is 9.76. The quantitative estimate of drug-likeness (QED) is 0.762. The van der Waals surface area contributed by atoms with Crippen molar-refractivity contribution in [3.63, 3.8) is 0 Å². The fraction of sp³-hybridized carbons (Fsp3) is 0.364. The molecule has 0 amide bonds. The highest BCUT2D eigenvalue weighted by atomic mass is 14.9. The first-order valence-electron chi connectivity index (χ1n) is 4.44. The largest absolute Gasteiger partial charge is 0.296 e. The van der Waals surface area contributed by atoms with Crippen LogP contribution < -0.4 is 5.32 Å². The van der Waals surface area contributed by atoms with Crippen molar-refractivity contribution in [2.45, 2.75) is 25.9 Å². The van der Waals surface area contributed by atoms with Gasteiger partial charge < -0.3 is 0 Å². The van der Waals surface area contributed by atoms with Crippen molar-refractivity contribution in [2.24, 2.45) is 0 Å². The van der Waals surface area contributed by atoms with Gasteiger partial charge in [0.15, 0.2) is 0 Å². The Bertz CT molecular complexity index is 287. The summed E-state index contributed by atoms with van der Waals surface area (Å²) in [6, 6.07) is 12.4. The Hall–Kier alpha value is -1.33. The molecule has 0 aromatic heterocycles. The van der Waals surface area contributed by atoms with Crippen LogP contribution in [0.5, 0.6) is 0 Å². The molecule has 0 aliphatic rings. The molecule has 0 heterocycles. The molecule has 0 radical (unpaired) electrons. The molecule has 0 spiro atoms. The summed E-state index contributed by atoms with van der Waals surface area (Å²) in [5, 5.41) is 11.8. The van der Waals surface area contributed by atoms with Crippen LogP contribution in [0.3, 0.4) is 0 Å². The van der Waals surface area contributed by atoms with Crippen LogP contribution in [0.4, 0.5) is 0 Å². The zero-order valence-electron chi connectivity index (χ0n) is 7.99. The Kier molecular flexibility index (Phi) is 3.48. The lowest BCUT2D eigenvalue weighted by Crippen LogP contribution is -2.27. The van der Waals surface area contributed by atoms with Gasteiger partial charge in [-0.05, 0) is 19.4 Å². The minimum atomic E-state index is -0.102. The fourth-order valence-electron chi connectivity index (χ4n) is 1.25. The maximum Gasteiger partial charge on any atom is 0.0929 e. The van der Waals surface area contributed by atoms with Gasteiger partial charge in [-0.15, -0.1) is 0 Å². The van der Waals surface area contributed by atoms with Crippen molar-refractivity contribution in [1.29, 1.82) is 5.26 Å². The standard InChI is InChI=1S/C11H14N2/c1-9(8-12)13-10(2)11-6-4-3-5-7-11/h3-7,9-10,13H,1-2H3/t9?,10-/m1/s1. The van der Waals surface area contributed by atoms with Gasteiger partial charge in [0.2, 0.25) is 0 Å². The van der Waals surface area contributed by atoms with Crippen molar-refractivity contribution in [1.82, 2.24) is 5.32 Å². The Balaban J connectivity index is 2.60. The Labute approximate surface area is 79.2 Å². The lowest BCUT2D eigenvalue weighted by Gasteiger charge is -2.15. The highest BCUT2D eigenvalue weighted by Gasteiger charge is 2.06. The smallest absolute Gasteiger partial charge is 0.0929 e. The van der Waals surface area contributed by atoms with Crippen molar-refractivity contribution < 1.29 is 0 Å². The van der Waals surface area contributed by atoms with E-state index in [-0.39, 0.29) is 12.1 Å². The molecule has 68 valence electrons. The van der Waals surface area contributed by atoms with Gasteiger partial charge in [0.25, 0.3) is 0 Å². The van der Waals surface area contributed by atoms with E-state index < -0.39 is 0 Å². The van der Waals surface area contributed by atoms with E-state index in [1.54, 1.807) is 0 Å². The number of nitrogens with zero attached hydrogens (tertiary/aromatic N) is 1. The van der Waals surface area contributed by atoms with Crippen LogP contribution >= 0.6 is 0 Å². The molecule has 0 aliphatic heterocycles. The zero-order valence-corrected chi connectivity index (χ0v) is 7.99. The van der Waals surface area contributed by atoms with E-state index in [4.69, 9.17) is 5.26 Å². The molecule has 2 atom stereocenters. The molecule has 1 rings (SSSR count). The molecular formula is C11H14N2. The summed E-state index contributed by atoms with van der Waals surface area (Å²) in [6.07, 6.45) is 0. The highest BCUT2D eigenvalue weighted by molar-refractivity contribution is 5.18. The van der Waals surface area contributed by atoms with E-state index in [0.29, 0.717) is 0 Å². The van der Waals surface area contributed by atoms with Gasteiger partial charge in [-0.25, -0.2) is 0 Å². The van der Waals surface area contributed by atoms with Crippen LogP contribution in [0, 0.1) is 11.3 Å². The monoisotopic (exact) mass is 174 g/mol. The first-order chi connectivity index (χ1) is 6.24. The minimum Gasteiger partial charge on any atom is -0.296 e. The molecule has 0 aliphatic carbocycles. The molecule has 1 aromatic rings. The molecule has 2 nitrogen and oxygen atoms in total. The van der Waals surface area contributed by atoms with Crippen LogP contribution in [-0.2, 0) is 0 Å². The predicted molar refractivity (Wildman–Crippen MR) is 53.1 cm³/mol. The first-order valence-corrected chi connectivity index (χ1v) is 4.44. The second-order valence-electron chi connectivity index (χ2n) is 3.15. The summed E-state index contributed by atoms with van der Waals surface area (Å²) in [6.45, 7) is 3.92. The number of benzene rings is 1. The summed E-state index contributed by atoms with van der Waals surface area (Å²) in [7, 11) is 0. The van der Waals surface area contributed by atoms with Crippen LogP contribution in [0.25, 0.3) is 0 Å². The molecule has 13 heavy (non-hydrogen) atoms. The van der Waals surface area contributed by atoms with Gasteiger partial charge in [-0.2, -0.15) is 5.26 Å². The average molecular weight is 174 g/mol. The molecule has 1 aromatic carbocycles. The summed E-state index contributed by atoms with van der Waals surface area (Å²) in [4.78, 5) is 0. The van der Waals surface area contributed by atoms with Crippen LogP contribution in [0.1, 0.15) is 25.5 Å². The second-order valence-corrected chi connectivity index (χ2v) is 3.15. The molecule has 1 N–H and O–H groups in total. The van der Waals surface area contributed by atoms with Crippen LogP contribution in [0.2, 0.25) is 0 Å². The summed E-state index contributed by atoms with van der Waals surface area (Å²) >= 11 is 0. The maximum atomic E-state index is 8.62. The van der Waals surface area contributed by atoms with Gasteiger partial charge in [-0.3, -0.25) is 5.32 Å². The lowest BCUT2D eigenvalue weighted by atomic mass is 10.1. The molecule has 2 heteroatoms. The topological polar surface area (TPSA) is 35.8 Å². The van der Waals surface area contributed by atoms with E-state index in [9.17, 15) is 0 Å². The lowest BCUT2D eigenvalue weighted by molar-refractivity contribution is 0.543. The molecule has 0 bridgehead atoms. The summed E-state index contributed by atoms with van der Waals surface area (Å²) < 4.78 is 0. The van der Waals surface area contributed by atoms with Crippen LogP contribution in [0.15, 0.2) is 30.3 Å². The third-order valence-corrected chi connectivity index (χ3v) is 1.99. The van der Waals surface area contributed by atoms with Gasteiger partial charge >= 0.3 is 0 Å². The van der Waals surface area contributed by atoms with Crippen LogP contribution in [-0.4, -0.2) is 6.04 Å². The summed E-state index contributed by atoms with van der Waals surface area (Å²) in [5.41, 5.74) is 1.21. The number of hydrogen-bond donors (Lipinski definition) is 1. The number of nitriles is 1. The third kappa shape index (κ3) is 2.89. The Morgan fingerprint density at radius 3 is 2.38 bits per heavy atom.